The number of nitrogens with zero attached hydrogens (tertiary/aromatic N) is 6. The van der Waals surface area contributed by atoms with Gasteiger partial charge in [-0.1, -0.05) is 12.1 Å². The molecule has 1 aromatic carbocycles. The van der Waals surface area contributed by atoms with Crippen molar-refractivity contribution in [2.45, 2.75) is 37.6 Å². The van der Waals surface area contributed by atoms with Gasteiger partial charge < -0.3 is 5.73 Å². The van der Waals surface area contributed by atoms with Crippen LogP contribution in [-0.4, -0.2) is 35.0 Å². The van der Waals surface area contributed by atoms with Gasteiger partial charge >= 0.3 is 0 Å². The molecule has 8 nitrogen and oxygen atoms in total. The lowest BCUT2D eigenvalue weighted by molar-refractivity contribution is -0.125. The van der Waals surface area contributed by atoms with E-state index in [4.69, 9.17) is 5.73 Å². The molecule has 5 aromatic rings. The first-order valence-electron chi connectivity index (χ1n) is 10.9. The number of primary amides is 1. The number of imidazole rings is 1. The van der Waals surface area contributed by atoms with Crippen molar-refractivity contribution in [3.63, 3.8) is 0 Å². The summed E-state index contributed by atoms with van der Waals surface area (Å²) in [5.41, 5.74) is 9.49. The van der Waals surface area contributed by atoms with Crippen molar-refractivity contribution in [2.75, 3.05) is 0 Å². The van der Waals surface area contributed by atoms with Crippen LogP contribution in [0.25, 0.3) is 27.9 Å². The molecule has 1 amide bonds. The molecule has 2 N–H and O–H groups in total. The number of rotatable bonds is 5. The number of amides is 1. The average Bonchev–Trinajstić information content (AvgIpc) is 3.27. The Hall–Kier alpha value is -4.07. The maximum absolute atomic E-state index is 11.8. The second kappa shape index (κ2) is 6.71. The lowest BCUT2D eigenvalue weighted by Gasteiger charge is -2.20. The quantitative estimate of drug-likeness (QED) is 0.454. The van der Waals surface area contributed by atoms with Crippen molar-refractivity contribution in [1.82, 2.24) is 29.1 Å². The van der Waals surface area contributed by atoms with Crippen LogP contribution in [0, 0.1) is 0 Å². The third-order valence-electron chi connectivity index (χ3n) is 6.82. The summed E-state index contributed by atoms with van der Waals surface area (Å²) < 4.78 is 3.66. The highest BCUT2D eigenvalue weighted by Crippen LogP contribution is 2.53. The van der Waals surface area contributed by atoms with Crippen LogP contribution >= 0.6 is 0 Å². The van der Waals surface area contributed by atoms with Gasteiger partial charge in [-0.05, 0) is 56.5 Å². The molecule has 1 fully saturated rings. The lowest BCUT2D eigenvalue weighted by Crippen LogP contribution is -2.41. The first-order valence-corrected chi connectivity index (χ1v) is 10.9. The molecule has 6 rings (SSSR count). The zero-order valence-electron chi connectivity index (χ0n) is 18.4. The van der Waals surface area contributed by atoms with E-state index in [1.165, 1.54) is 5.56 Å². The van der Waals surface area contributed by atoms with Crippen LogP contribution < -0.4 is 5.73 Å². The van der Waals surface area contributed by atoms with Gasteiger partial charge in [0.15, 0.2) is 0 Å². The Bertz CT molecular complexity index is 1540. The lowest BCUT2D eigenvalue weighted by atomic mass is 9.91. The van der Waals surface area contributed by atoms with E-state index in [0.717, 1.165) is 40.7 Å². The summed E-state index contributed by atoms with van der Waals surface area (Å²) in [5, 5.41) is 5.74. The number of aromatic nitrogens is 6. The minimum absolute atomic E-state index is 0.0862. The van der Waals surface area contributed by atoms with Crippen molar-refractivity contribution < 1.29 is 4.79 Å². The Morgan fingerprint density at radius 1 is 1.09 bits per heavy atom. The van der Waals surface area contributed by atoms with Gasteiger partial charge in [0.1, 0.15) is 5.54 Å². The molecule has 0 spiro atoms. The molecule has 0 aliphatic heterocycles. The van der Waals surface area contributed by atoms with Crippen LogP contribution in [0.15, 0.2) is 67.4 Å². The van der Waals surface area contributed by atoms with E-state index in [0.29, 0.717) is 5.78 Å². The largest absolute Gasteiger partial charge is 0.368 e. The summed E-state index contributed by atoms with van der Waals surface area (Å²) in [4.78, 5) is 25.4. The molecule has 0 unspecified atom stereocenters. The van der Waals surface area contributed by atoms with Crippen molar-refractivity contribution in [3.8, 4) is 11.3 Å². The summed E-state index contributed by atoms with van der Waals surface area (Å²) >= 11 is 0. The molecule has 8 heteroatoms. The predicted octanol–water partition coefficient (Wildman–Crippen LogP) is 3.44. The van der Waals surface area contributed by atoms with Crippen molar-refractivity contribution in [3.05, 3.63) is 78.6 Å². The maximum atomic E-state index is 11.8. The van der Waals surface area contributed by atoms with Gasteiger partial charge in [-0.25, -0.2) is 9.97 Å². The van der Waals surface area contributed by atoms with Gasteiger partial charge in [-0.3, -0.25) is 18.9 Å². The van der Waals surface area contributed by atoms with E-state index in [2.05, 4.69) is 48.7 Å². The van der Waals surface area contributed by atoms with Gasteiger partial charge in [-0.15, -0.1) is 0 Å². The second-order valence-electron chi connectivity index (χ2n) is 9.22. The second-order valence-corrected chi connectivity index (χ2v) is 9.22. The van der Waals surface area contributed by atoms with Crippen LogP contribution in [0.1, 0.15) is 37.9 Å². The van der Waals surface area contributed by atoms with Crippen LogP contribution in [0.5, 0.6) is 0 Å². The highest BCUT2D eigenvalue weighted by atomic mass is 16.1. The van der Waals surface area contributed by atoms with Crippen molar-refractivity contribution in [1.29, 1.82) is 0 Å². The van der Waals surface area contributed by atoms with Crippen LogP contribution in [0.4, 0.5) is 0 Å². The Morgan fingerprint density at radius 2 is 1.91 bits per heavy atom. The van der Waals surface area contributed by atoms with Gasteiger partial charge in [-0.2, -0.15) is 5.10 Å². The third kappa shape index (κ3) is 2.94. The fourth-order valence-corrected chi connectivity index (χ4v) is 4.45. The molecule has 33 heavy (non-hydrogen) atoms. The molecule has 1 aliphatic carbocycles. The zero-order chi connectivity index (χ0) is 22.8. The molecule has 1 aliphatic rings. The topological polar surface area (TPSA) is 104 Å². The minimum Gasteiger partial charge on any atom is -0.368 e. The maximum Gasteiger partial charge on any atom is 0.244 e. The first-order chi connectivity index (χ1) is 15.9. The van der Waals surface area contributed by atoms with Gasteiger partial charge in [0.25, 0.3) is 0 Å². The van der Waals surface area contributed by atoms with Crippen molar-refractivity contribution >= 4 is 22.6 Å². The number of nitrogens with two attached hydrogens (primary N) is 1. The fourth-order valence-electron chi connectivity index (χ4n) is 4.45. The molecule has 0 saturated heterocycles. The van der Waals surface area contributed by atoms with E-state index < -0.39 is 11.4 Å². The van der Waals surface area contributed by atoms with Gasteiger partial charge in [0.2, 0.25) is 11.7 Å². The Labute approximate surface area is 190 Å². The number of hydrogen-bond donors (Lipinski definition) is 1. The normalized spacial score (nSPS) is 15.2. The molecule has 0 bridgehead atoms. The average molecular weight is 438 g/mol. The number of carbonyl (C=O) groups is 1. The highest BCUT2D eigenvalue weighted by molar-refractivity contribution is 5.82. The number of fused-ring (bicyclic) bond motifs is 2. The summed E-state index contributed by atoms with van der Waals surface area (Å²) in [6.45, 7) is 3.49. The molecule has 164 valence electrons. The van der Waals surface area contributed by atoms with Crippen LogP contribution in [-0.2, 0) is 15.7 Å². The number of benzene rings is 1. The molecule has 0 radical (unpaired) electrons. The summed E-state index contributed by atoms with van der Waals surface area (Å²) in [6.07, 6.45) is 11.4. The van der Waals surface area contributed by atoms with Crippen LogP contribution in [0.3, 0.4) is 0 Å². The molecule has 0 atom stereocenters. The number of pyridine rings is 1. The Morgan fingerprint density at radius 3 is 2.70 bits per heavy atom. The van der Waals surface area contributed by atoms with E-state index >= 15 is 0 Å². The highest BCUT2D eigenvalue weighted by Gasteiger charge is 2.48. The number of carbonyl (C=O) groups excluding carboxylic acids is 1. The molecule has 1 saturated carbocycles. The van der Waals surface area contributed by atoms with E-state index in [-0.39, 0.29) is 5.41 Å². The summed E-state index contributed by atoms with van der Waals surface area (Å²) in [7, 11) is 0. The monoisotopic (exact) mass is 437 g/mol. The first kappa shape index (κ1) is 19.6. The summed E-state index contributed by atoms with van der Waals surface area (Å²) in [5.74, 6) is 0.211. The zero-order valence-corrected chi connectivity index (χ0v) is 18.4. The minimum atomic E-state index is -0.918. The molecule has 4 heterocycles. The SMILES string of the molecule is CC(C)(C(N)=O)n1ccc(-c2cnc3ncc(C4(c5ccc6ncccc6c5)CC4)n3c2)n1. The predicted molar refractivity (Wildman–Crippen MR) is 124 cm³/mol. The summed E-state index contributed by atoms with van der Waals surface area (Å²) in [6, 6.07) is 12.4. The van der Waals surface area contributed by atoms with E-state index in [9.17, 15) is 4.79 Å². The molecular weight excluding hydrogens is 414 g/mol. The Kier molecular flexibility index (Phi) is 3.99. The van der Waals surface area contributed by atoms with Gasteiger partial charge in [0, 0.05) is 41.2 Å². The smallest absolute Gasteiger partial charge is 0.244 e. The molecule has 4 aromatic heterocycles. The van der Waals surface area contributed by atoms with Gasteiger partial charge in [0.05, 0.1) is 23.1 Å². The third-order valence-corrected chi connectivity index (χ3v) is 6.82. The fraction of sp³-hybridized carbons (Fsp3) is 0.240. The Balaban J connectivity index is 1.43. The number of hydrogen-bond acceptors (Lipinski definition) is 5. The standard InChI is InChI=1S/C25H23N7O/c1-24(2,22(26)33)32-11-7-20(30-32)17-13-28-23-29-14-21(31(23)15-17)25(8-9-25)18-5-6-19-16(12-18)4-3-10-27-19/h3-7,10-15H,8-9H2,1-2H3,(H2,26,33). The van der Waals surface area contributed by atoms with Crippen molar-refractivity contribution in [2.24, 2.45) is 5.73 Å². The van der Waals surface area contributed by atoms with Crippen LogP contribution in [0.2, 0.25) is 0 Å². The van der Waals surface area contributed by atoms with E-state index in [1.807, 2.05) is 30.7 Å². The van der Waals surface area contributed by atoms with E-state index in [1.54, 1.807) is 30.9 Å². The molecular formula is C25H23N7O.